The molecule has 4 aromatic rings. The van der Waals surface area contributed by atoms with E-state index in [4.69, 9.17) is 0 Å². The van der Waals surface area contributed by atoms with Gasteiger partial charge in [-0.2, -0.15) is 0 Å². The summed E-state index contributed by atoms with van der Waals surface area (Å²) in [6.07, 6.45) is 3.22. The maximum absolute atomic E-state index is 11.7. The number of fused-ring (bicyclic) bond motifs is 2. The summed E-state index contributed by atoms with van der Waals surface area (Å²) >= 11 is 0. The summed E-state index contributed by atoms with van der Waals surface area (Å²) in [6.45, 7) is 5.31. The van der Waals surface area contributed by atoms with Crippen LogP contribution in [-0.2, 0) is 6.42 Å². The summed E-state index contributed by atoms with van der Waals surface area (Å²) in [5.41, 5.74) is 6.78. The van der Waals surface area contributed by atoms with Gasteiger partial charge >= 0.3 is 5.97 Å². The molecule has 5 rings (SSSR count). The van der Waals surface area contributed by atoms with E-state index in [1.54, 1.807) is 6.07 Å². The van der Waals surface area contributed by atoms with Crippen LogP contribution >= 0.6 is 12.4 Å². The van der Waals surface area contributed by atoms with E-state index in [9.17, 15) is 9.90 Å². The van der Waals surface area contributed by atoms with Crippen LogP contribution in [-0.4, -0.2) is 17.6 Å². The van der Waals surface area contributed by atoms with Crippen molar-refractivity contribution < 1.29 is 9.90 Å². The van der Waals surface area contributed by atoms with Crippen molar-refractivity contribution in [1.29, 1.82) is 0 Å². The fraction of sp³-hybridized carbons (Fsp3) is 0.281. The van der Waals surface area contributed by atoms with Crippen molar-refractivity contribution in [3.63, 3.8) is 0 Å². The summed E-state index contributed by atoms with van der Waals surface area (Å²) in [4.78, 5) is 11.7. The molecule has 0 saturated heterocycles. The van der Waals surface area contributed by atoms with Gasteiger partial charge in [-0.1, -0.05) is 72.8 Å². The quantitative estimate of drug-likeness (QED) is 0.274. The van der Waals surface area contributed by atoms with E-state index in [1.807, 2.05) is 12.1 Å². The van der Waals surface area contributed by atoms with Crippen LogP contribution < -0.4 is 5.32 Å². The van der Waals surface area contributed by atoms with E-state index < -0.39 is 5.97 Å². The molecule has 0 aromatic heterocycles. The summed E-state index contributed by atoms with van der Waals surface area (Å²) in [5.74, 6) is -0.0757. The van der Waals surface area contributed by atoms with Crippen molar-refractivity contribution in [2.45, 2.75) is 45.1 Å². The second-order valence-electron chi connectivity index (χ2n) is 9.97. The lowest BCUT2D eigenvalue weighted by molar-refractivity contribution is 0.0696. The average Bonchev–Trinajstić information content (AvgIpc) is 2.88. The second-order valence-corrected chi connectivity index (χ2v) is 9.97. The predicted octanol–water partition coefficient (Wildman–Crippen LogP) is 7.70. The molecule has 0 spiro atoms. The van der Waals surface area contributed by atoms with Crippen molar-refractivity contribution in [2.24, 2.45) is 5.92 Å². The average molecular weight is 500 g/mol. The largest absolute Gasteiger partial charge is 0.478 e. The first-order chi connectivity index (χ1) is 17.0. The Kier molecular flexibility index (Phi) is 8.13. The van der Waals surface area contributed by atoms with Crippen molar-refractivity contribution in [2.75, 3.05) is 6.54 Å². The third-order valence-corrected chi connectivity index (χ3v) is 7.70. The lowest BCUT2D eigenvalue weighted by Crippen LogP contribution is -2.26. The summed E-state index contributed by atoms with van der Waals surface area (Å²) in [5, 5.41) is 15.9. The first-order valence-corrected chi connectivity index (χ1v) is 12.6. The smallest absolute Gasteiger partial charge is 0.335 e. The standard InChI is InChI=1S/C32H33NO2.ClH/c1-21-14-15-26(32(34)35)20-30(21)31-19-23(18-25-9-4-6-12-29(25)31)16-17-33-22(2)27-13-7-10-24-8-3-5-11-28(24)27;/h3-15,20,22-23,31,33H,16-19H2,1-2H3,(H,34,35);1H/t22-,23?,31?;/m1./s1. The number of carbonyl (C=O) groups is 1. The molecule has 0 aliphatic heterocycles. The van der Waals surface area contributed by atoms with Crippen LogP contribution in [0.4, 0.5) is 0 Å². The van der Waals surface area contributed by atoms with Crippen LogP contribution in [0, 0.1) is 12.8 Å². The highest BCUT2D eigenvalue weighted by molar-refractivity contribution is 5.88. The SMILES string of the molecule is Cc1ccc(C(=O)O)cc1C1CC(CCN[C@H](C)c2cccc3ccccc23)Cc2ccccc21.Cl. The Morgan fingerprint density at radius 2 is 1.72 bits per heavy atom. The van der Waals surface area contributed by atoms with E-state index in [2.05, 4.69) is 85.9 Å². The lowest BCUT2D eigenvalue weighted by Gasteiger charge is -2.33. The molecule has 2 N–H and O–H groups in total. The van der Waals surface area contributed by atoms with E-state index in [0.717, 1.165) is 36.9 Å². The molecule has 4 heteroatoms. The van der Waals surface area contributed by atoms with Gasteiger partial charge in [-0.25, -0.2) is 4.79 Å². The molecular formula is C32H34ClNO2. The Labute approximate surface area is 220 Å². The van der Waals surface area contributed by atoms with E-state index in [-0.39, 0.29) is 24.4 Å². The zero-order chi connectivity index (χ0) is 24.4. The molecule has 0 fully saturated rings. The highest BCUT2D eigenvalue weighted by Crippen LogP contribution is 2.41. The first-order valence-electron chi connectivity index (χ1n) is 12.6. The molecule has 0 heterocycles. The second kappa shape index (κ2) is 11.3. The van der Waals surface area contributed by atoms with Gasteiger partial charge in [0, 0.05) is 12.0 Å². The number of benzene rings is 4. The van der Waals surface area contributed by atoms with Gasteiger partial charge in [0.2, 0.25) is 0 Å². The normalized spacial score (nSPS) is 17.7. The van der Waals surface area contributed by atoms with Crippen LogP contribution in [0.3, 0.4) is 0 Å². The molecule has 1 aliphatic rings. The van der Waals surface area contributed by atoms with E-state index in [1.165, 1.54) is 27.5 Å². The molecule has 0 radical (unpaired) electrons. The van der Waals surface area contributed by atoms with Gasteiger partial charge in [0.05, 0.1) is 5.56 Å². The molecule has 3 atom stereocenters. The van der Waals surface area contributed by atoms with Crippen LogP contribution in [0.15, 0.2) is 84.9 Å². The van der Waals surface area contributed by atoms with Crippen molar-refractivity contribution in [3.05, 3.63) is 118 Å². The maximum atomic E-state index is 11.7. The molecule has 186 valence electrons. The van der Waals surface area contributed by atoms with Crippen LogP contribution in [0.25, 0.3) is 10.8 Å². The monoisotopic (exact) mass is 499 g/mol. The first kappa shape index (κ1) is 25.9. The molecule has 1 aliphatic carbocycles. The lowest BCUT2D eigenvalue weighted by atomic mass is 9.72. The third kappa shape index (κ3) is 5.33. The number of rotatable bonds is 7. The van der Waals surface area contributed by atoms with Gasteiger partial charge in [-0.05, 0) is 96.3 Å². The molecule has 0 amide bonds. The third-order valence-electron chi connectivity index (χ3n) is 7.70. The molecule has 3 nitrogen and oxygen atoms in total. The Morgan fingerprint density at radius 3 is 2.56 bits per heavy atom. The van der Waals surface area contributed by atoms with Crippen molar-refractivity contribution >= 4 is 29.1 Å². The Hall–Kier alpha value is -3.14. The molecule has 0 bridgehead atoms. The van der Waals surface area contributed by atoms with Gasteiger partial charge in [-0.3, -0.25) is 0 Å². The maximum Gasteiger partial charge on any atom is 0.335 e. The number of carboxylic acid groups (broad SMARTS) is 1. The molecule has 0 saturated carbocycles. The summed E-state index contributed by atoms with van der Waals surface area (Å²) in [6, 6.07) is 29.7. The van der Waals surface area contributed by atoms with Gasteiger partial charge < -0.3 is 10.4 Å². The van der Waals surface area contributed by atoms with Crippen molar-refractivity contribution in [3.8, 4) is 0 Å². The minimum atomic E-state index is -0.862. The minimum Gasteiger partial charge on any atom is -0.478 e. The number of aromatic carboxylic acids is 1. The molecule has 2 unspecified atom stereocenters. The number of carboxylic acids is 1. The van der Waals surface area contributed by atoms with Crippen molar-refractivity contribution in [1.82, 2.24) is 5.32 Å². The highest BCUT2D eigenvalue weighted by Gasteiger charge is 2.29. The number of hydrogen-bond acceptors (Lipinski definition) is 2. The fourth-order valence-electron chi connectivity index (χ4n) is 5.82. The summed E-state index contributed by atoms with van der Waals surface area (Å²) < 4.78 is 0. The number of aryl methyl sites for hydroxylation is 1. The van der Waals surface area contributed by atoms with Gasteiger partial charge in [-0.15, -0.1) is 12.4 Å². The van der Waals surface area contributed by atoms with Gasteiger partial charge in [0.1, 0.15) is 0 Å². The fourth-order valence-corrected chi connectivity index (χ4v) is 5.82. The minimum absolute atomic E-state index is 0. The number of halogens is 1. The van der Waals surface area contributed by atoms with Gasteiger partial charge in [0.15, 0.2) is 0 Å². The highest BCUT2D eigenvalue weighted by atomic mass is 35.5. The Balaban J connectivity index is 0.00000304. The van der Waals surface area contributed by atoms with E-state index in [0.29, 0.717) is 11.5 Å². The number of hydrogen-bond donors (Lipinski definition) is 2. The predicted molar refractivity (Wildman–Crippen MR) is 150 cm³/mol. The Morgan fingerprint density at radius 1 is 0.972 bits per heavy atom. The molecule has 4 aromatic carbocycles. The van der Waals surface area contributed by atoms with E-state index >= 15 is 0 Å². The van der Waals surface area contributed by atoms with Crippen LogP contribution in [0.5, 0.6) is 0 Å². The van der Waals surface area contributed by atoms with Gasteiger partial charge in [0.25, 0.3) is 0 Å². The Bertz CT molecular complexity index is 1360. The zero-order valence-corrected chi connectivity index (χ0v) is 21.7. The topological polar surface area (TPSA) is 49.3 Å². The van der Waals surface area contributed by atoms with Crippen LogP contribution in [0.2, 0.25) is 0 Å². The summed E-state index contributed by atoms with van der Waals surface area (Å²) in [7, 11) is 0. The number of nitrogens with one attached hydrogen (secondary N) is 1. The van der Waals surface area contributed by atoms with Crippen LogP contribution in [0.1, 0.15) is 69.9 Å². The zero-order valence-electron chi connectivity index (χ0n) is 20.9. The molecule has 36 heavy (non-hydrogen) atoms. The molecular weight excluding hydrogens is 466 g/mol.